The first kappa shape index (κ1) is 15.7. The zero-order valence-corrected chi connectivity index (χ0v) is 12.1. The lowest BCUT2D eigenvalue weighted by atomic mass is 10.3. The second-order valence-corrected chi connectivity index (χ2v) is 5.66. The summed E-state index contributed by atoms with van der Waals surface area (Å²) in [4.78, 5) is 0. The van der Waals surface area contributed by atoms with E-state index in [0.717, 1.165) is 0 Å². The Morgan fingerprint density at radius 1 is 1.32 bits per heavy atom. The zero-order valence-electron chi connectivity index (χ0n) is 11.3. The van der Waals surface area contributed by atoms with Crippen molar-refractivity contribution in [1.29, 1.82) is 0 Å². The Hall–Kier alpha value is -1.31. The summed E-state index contributed by atoms with van der Waals surface area (Å²) < 4.78 is 32.8. The van der Waals surface area contributed by atoms with Gasteiger partial charge in [-0.2, -0.15) is 17.4 Å². The Bertz CT molecular complexity index is 487. The molecule has 0 atom stereocenters. The van der Waals surface area contributed by atoms with E-state index in [1.807, 2.05) is 0 Å². The van der Waals surface area contributed by atoms with Crippen LogP contribution < -0.4 is 15.2 Å². The predicted octanol–water partition coefficient (Wildman–Crippen LogP) is 0.824. The molecule has 0 bridgehead atoms. The van der Waals surface area contributed by atoms with Crippen LogP contribution in [-0.4, -0.2) is 39.0 Å². The number of nitrogen functional groups attached to an aromatic ring is 1. The number of nitrogens with one attached hydrogen (secondary N) is 1. The smallest absolute Gasteiger partial charge is 0.279 e. The van der Waals surface area contributed by atoms with Crippen molar-refractivity contribution in [2.45, 2.75) is 13.8 Å². The normalized spacial score (nSPS) is 11.7. The van der Waals surface area contributed by atoms with Gasteiger partial charge in [-0.05, 0) is 12.1 Å². The molecule has 0 saturated carbocycles. The van der Waals surface area contributed by atoms with E-state index >= 15 is 0 Å². The fourth-order valence-corrected chi connectivity index (χ4v) is 2.80. The standard InChI is InChI=1S/C12H21N3O3S/c1-3-15(4-2)19(16,17)14-8-9-18-12-7-5-6-11(13)10-12/h5-7,10,14H,3-4,8-9,13H2,1-2H3. The molecule has 0 unspecified atom stereocenters. The van der Waals surface area contributed by atoms with Crippen LogP contribution in [0.25, 0.3) is 0 Å². The third-order valence-electron chi connectivity index (χ3n) is 2.56. The number of hydrogen-bond acceptors (Lipinski definition) is 4. The van der Waals surface area contributed by atoms with Crippen LogP contribution in [0.15, 0.2) is 24.3 Å². The Kier molecular flexibility index (Phi) is 6.07. The molecule has 0 fully saturated rings. The summed E-state index contributed by atoms with van der Waals surface area (Å²) in [6.07, 6.45) is 0. The van der Waals surface area contributed by atoms with E-state index in [4.69, 9.17) is 10.5 Å². The van der Waals surface area contributed by atoms with Gasteiger partial charge in [-0.1, -0.05) is 19.9 Å². The summed E-state index contributed by atoms with van der Waals surface area (Å²) in [5, 5.41) is 0. The van der Waals surface area contributed by atoms with Gasteiger partial charge in [0.1, 0.15) is 12.4 Å². The molecule has 0 aliphatic rings. The van der Waals surface area contributed by atoms with E-state index in [2.05, 4.69) is 4.72 Å². The molecule has 0 heterocycles. The first-order valence-corrected chi connectivity index (χ1v) is 7.66. The molecule has 0 aliphatic heterocycles. The maximum atomic E-state index is 11.8. The summed E-state index contributed by atoms with van der Waals surface area (Å²) in [6, 6.07) is 7.01. The van der Waals surface area contributed by atoms with Gasteiger partial charge in [-0.15, -0.1) is 0 Å². The molecule has 19 heavy (non-hydrogen) atoms. The van der Waals surface area contributed by atoms with Crippen LogP contribution in [0.3, 0.4) is 0 Å². The Balaban J connectivity index is 2.39. The molecule has 108 valence electrons. The Morgan fingerprint density at radius 3 is 2.58 bits per heavy atom. The summed E-state index contributed by atoms with van der Waals surface area (Å²) in [5.41, 5.74) is 6.22. The first-order valence-electron chi connectivity index (χ1n) is 6.22. The van der Waals surface area contributed by atoms with Crippen LogP contribution >= 0.6 is 0 Å². The van der Waals surface area contributed by atoms with E-state index < -0.39 is 10.2 Å². The molecule has 1 aromatic carbocycles. The number of hydrogen-bond donors (Lipinski definition) is 2. The third-order valence-corrected chi connectivity index (χ3v) is 4.32. The van der Waals surface area contributed by atoms with Crippen molar-refractivity contribution < 1.29 is 13.2 Å². The van der Waals surface area contributed by atoms with Crippen LogP contribution in [-0.2, 0) is 10.2 Å². The molecule has 0 spiro atoms. The van der Waals surface area contributed by atoms with Crippen molar-refractivity contribution in [3.63, 3.8) is 0 Å². The van der Waals surface area contributed by atoms with Gasteiger partial charge in [0.25, 0.3) is 10.2 Å². The van der Waals surface area contributed by atoms with Crippen molar-refractivity contribution in [1.82, 2.24) is 9.03 Å². The predicted molar refractivity (Wildman–Crippen MR) is 76.2 cm³/mol. The maximum absolute atomic E-state index is 11.8. The van der Waals surface area contributed by atoms with Gasteiger partial charge in [0.15, 0.2) is 0 Å². The summed E-state index contributed by atoms with van der Waals surface area (Å²) in [6.45, 7) is 4.96. The second-order valence-electron chi connectivity index (χ2n) is 3.90. The molecule has 0 radical (unpaired) electrons. The van der Waals surface area contributed by atoms with Crippen molar-refractivity contribution in [2.24, 2.45) is 0 Å². The molecular formula is C12H21N3O3S. The SMILES string of the molecule is CCN(CC)S(=O)(=O)NCCOc1cccc(N)c1. The first-order chi connectivity index (χ1) is 8.99. The van der Waals surface area contributed by atoms with Gasteiger partial charge in [-0.3, -0.25) is 0 Å². The van der Waals surface area contributed by atoms with Crippen LogP contribution in [0.1, 0.15) is 13.8 Å². The third kappa shape index (κ3) is 5.06. The molecule has 6 nitrogen and oxygen atoms in total. The average molecular weight is 287 g/mol. The highest BCUT2D eigenvalue weighted by Crippen LogP contribution is 2.13. The van der Waals surface area contributed by atoms with Gasteiger partial charge in [0.05, 0.1) is 0 Å². The lowest BCUT2D eigenvalue weighted by molar-refractivity contribution is 0.320. The van der Waals surface area contributed by atoms with Crippen LogP contribution in [0, 0.1) is 0 Å². The van der Waals surface area contributed by atoms with Crippen molar-refractivity contribution in [3.05, 3.63) is 24.3 Å². The Labute approximate surface area is 114 Å². The molecule has 0 saturated heterocycles. The fourth-order valence-electron chi connectivity index (χ4n) is 1.60. The van der Waals surface area contributed by atoms with Crippen molar-refractivity contribution >= 4 is 15.9 Å². The molecule has 0 aromatic heterocycles. The number of rotatable bonds is 8. The molecule has 7 heteroatoms. The maximum Gasteiger partial charge on any atom is 0.279 e. The van der Waals surface area contributed by atoms with Gasteiger partial charge in [0, 0.05) is 31.4 Å². The summed E-state index contributed by atoms with van der Waals surface area (Å²) in [7, 11) is -3.41. The van der Waals surface area contributed by atoms with Crippen LogP contribution in [0.4, 0.5) is 5.69 Å². The van der Waals surface area contributed by atoms with E-state index in [-0.39, 0.29) is 13.2 Å². The lowest BCUT2D eigenvalue weighted by Crippen LogP contribution is -2.41. The average Bonchev–Trinajstić information content (AvgIpc) is 2.36. The van der Waals surface area contributed by atoms with Gasteiger partial charge < -0.3 is 10.5 Å². The second kappa shape index (κ2) is 7.32. The number of nitrogens with zero attached hydrogens (tertiary/aromatic N) is 1. The highest BCUT2D eigenvalue weighted by atomic mass is 32.2. The highest BCUT2D eigenvalue weighted by Gasteiger charge is 2.17. The Morgan fingerprint density at radius 2 is 2.00 bits per heavy atom. The van der Waals surface area contributed by atoms with Gasteiger partial charge >= 0.3 is 0 Å². The van der Waals surface area contributed by atoms with Gasteiger partial charge in [0.2, 0.25) is 0 Å². The van der Waals surface area contributed by atoms with Crippen LogP contribution in [0.2, 0.25) is 0 Å². The highest BCUT2D eigenvalue weighted by molar-refractivity contribution is 7.87. The fraction of sp³-hybridized carbons (Fsp3) is 0.500. The zero-order chi connectivity index (χ0) is 14.3. The van der Waals surface area contributed by atoms with Gasteiger partial charge in [-0.25, -0.2) is 0 Å². The van der Waals surface area contributed by atoms with Crippen molar-refractivity contribution in [3.8, 4) is 5.75 Å². The van der Waals surface area contributed by atoms with Crippen molar-refractivity contribution in [2.75, 3.05) is 32.0 Å². The van der Waals surface area contributed by atoms with E-state index in [1.165, 1.54) is 4.31 Å². The monoisotopic (exact) mass is 287 g/mol. The van der Waals surface area contributed by atoms with E-state index in [1.54, 1.807) is 38.1 Å². The molecule has 0 amide bonds. The minimum atomic E-state index is -3.41. The number of ether oxygens (including phenoxy) is 1. The largest absolute Gasteiger partial charge is 0.492 e. The lowest BCUT2D eigenvalue weighted by Gasteiger charge is -2.18. The van der Waals surface area contributed by atoms with E-state index in [9.17, 15) is 8.42 Å². The summed E-state index contributed by atoms with van der Waals surface area (Å²) >= 11 is 0. The molecule has 0 aliphatic carbocycles. The number of nitrogens with two attached hydrogens (primary N) is 1. The molecule has 3 N–H and O–H groups in total. The molecule has 1 aromatic rings. The minimum Gasteiger partial charge on any atom is -0.492 e. The quantitative estimate of drug-likeness (QED) is 0.548. The van der Waals surface area contributed by atoms with Crippen LogP contribution in [0.5, 0.6) is 5.75 Å². The number of benzene rings is 1. The molecular weight excluding hydrogens is 266 g/mol. The van der Waals surface area contributed by atoms with E-state index in [0.29, 0.717) is 24.5 Å². The minimum absolute atomic E-state index is 0.216. The number of anilines is 1. The topological polar surface area (TPSA) is 84.7 Å². The summed E-state index contributed by atoms with van der Waals surface area (Å²) in [5.74, 6) is 0.627. The molecule has 1 rings (SSSR count).